The van der Waals surface area contributed by atoms with Crippen molar-refractivity contribution in [1.82, 2.24) is 10.2 Å². The highest BCUT2D eigenvalue weighted by Crippen LogP contribution is 2.15. The van der Waals surface area contributed by atoms with Crippen molar-refractivity contribution < 1.29 is 4.79 Å². The van der Waals surface area contributed by atoms with Crippen LogP contribution >= 0.6 is 0 Å². The van der Waals surface area contributed by atoms with Gasteiger partial charge in [-0.3, -0.25) is 4.79 Å². The molecule has 3 rings (SSSR count). The van der Waals surface area contributed by atoms with Gasteiger partial charge < -0.3 is 10.2 Å². The molecule has 22 heavy (non-hydrogen) atoms. The normalized spacial score (nSPS) is 18.0. The van der Waals surface area contributed by atoms with Crippen molar-refractivity contribution in [1.29, 1.82) is 0 Å². The molecule has 1 aliphatic rings. The molecule has 3 nitrogen and oxygen atoms in total. The van der Waals surface area contributed by atoms with E-state index in [0.717, 1.165) is 13.1 Å². The predicted octanol–water partition coefficient (Wildman–Crippen LogP) is 2.89. The fourth-order valence-electron chi connectivity index (χ4n) is 2.83. The molecule has 1 saturated heterocycles. The summed E-state index contributed by atoms with van der Waals surface area (Å²) in [7, 11) is 0. The lowest BCUT2D eigenvalue weighted by molar-refractivity contribution is -0.128. The van der Waals surface area contributed by atoms with Crippen molar-refractivity contribution in [3.63, 3.8) is 0 Å². The Morgan fingerprint density at radius 3 is 2.50 bits per heavy atom. The van der Waals surface area contributed by atoms with Gasteiger partial charge in [-0.2, -0.15) is 0 Å². The molecule has 1 N–H and O–H groups in total. The van der Waals surface area contributed by atoms with Gasteiger partial charge in [-0.25, -0.2) is 0 Å². The zero-order valence-corrected chi connectivity index (χ0v) is 13.0. The molecule has 1 atom stereocenters. The lowest BCUT2D eigenvalue weighted by Gasteiger charge is -2.17. The Morgan fingerprint density at radius 2 is 1.77 bits per heavy atom. The first-order valence-corrected chi connectivity index (χ1v) is 7.81. The van der Waals surface area contributed by atoms with E-state index in [1.165, 1.54) is 16.7 Å². The molecular weight excluding hydrogens is 272 g/mol. The third-order valence-electron chi connectivity index (χ3n) is 4.15. The molecule has 0 bridgehead atoms. The summed E-state index contributed by atoms with van der Waals surface area (Å²) in [5.41, 5.74) is 3.73. The topological polar surface area (TPSA) is 32.3 Å². The van der Waals surface area contributed by atoms with E-state index in [-0.39, 0.29) is 11.9 Å². The molecule has 0 saturated carbocycles. The zero-order chi connectivity index (χ0) is 15.4. The van der Waals surface area contributed by atoms with Crippen LogP contribution in [0.2, 0.25) is 0 Å². The average molecular weight is 294 g/mol. The fraction of sp³-hybridized carbons (Fsp3) is 0.316. The van der Waals surface area contributed by atoms with Gasteiger partial charge in [-0.15, -0.1) is 0 Å². The molecule has 0 aliphatic carbocycles. The van der Waals surface area contributed by atoms with E-state index in [0.29, 0.717) is 13.0 Å². The van der Waals surface area contributed by atoms with E-state index in [4.69, 9.17) is 0 Å². The first kappa shape index (κ1) is 14.8. The fourth-order valence-corrected chi connectivity index (χ4v) is 2.83. The summed E-state index contributed by atoms with van der Waals surface area (Å²) >= 11 is 0. The number of nitrogens with one attached hydrogen (secondary N) is 1. The number of nitrogens with zero attached hydrogens (tertiary/aromatic N) is 1. The number of benzene rings is 2. The Bertz CT molecular complexity index is 622. The van der Waals surface area contributed by atoms with E-state index in [1.54, 1.807) is 0 Å². The van der Waals surface area contributed by atoms with Crippen molar-refractivity contribution in [2.45, 2.75) is 32.5 Å². The summed E-state index contributed by atoms with van der Waals surface area (Å²) in [5, 5.41) is 3.50. The van der Waals surface area contributed by atoms with Gasteiger partial charge in [0.25, 0.3) is 0 Å². The highest BCUT2D eigenvalue weighted by Gasteiger charge is 2.28. The largest absolute Gasteiger partial charge is 0.337 e. The van der Waals surface area contributed by atoms with Crippen molar-refractivity contribution in [2.75, 3.05) is 6.54 Å². The Hall–Kier alpha value is -2.13. The zero-order valence-electron chi connectivity index (χ0n) is 13.0. The van der Waals surface area contributed by atoms with Crippen LogP contribution in [-0.2, 0) is 17.9 Å². The van der Waals surface area contributed by atoms with E-state index in [2.05, 4.69) is 48.6 Å². The number of carbonyl (C=O) groups excluding carboxylic acids is 1. The first-order valence-electron chi connectivity index (χ1n) is 7.81. The minimum atomic E-state index is 0.241. The average Bonchev–Trinajstić information content (AvgIpc) is 2.88. The van der Waals surface area contributed by atoms with Crippen LogP contribution in [0.15, 0.2) is 54.6 Å². The Balaban J connectivity index is 1.52. The molecule has 0 spiro atoms. The maximum Gasteiger partial charge on any atom is 0.224 e. The SMILES string of the molecule is Cc1ccc(CN[C@@H]2CC(=O)N(Cc3ccccc3)C2)cc1. The Labute approximate surface area is 132 Å². The van der Waals surface area contributed by atoms with Crippen LogP contribution in [0, 0.1) is 6.92 Å². The summed E-state index contributed by atoms with van der Waals surface area (Å²) in [6, 6.07) is 18.9. The molecule has 2 aromatic rings. The smallest absolute Gasteiger partial charge is 0.224 e. The number of hydrogen-bond donors (Lipinski definition) is 1. The third kappa shape index (κ3) is 3.74. The maximum atomic E-state index is 12.1. The first-order chi connectivity index (χ1) is 10.7. The van der Waals surface area contributed by atoms with Crippen LogP contribution in [0.1, 0.15) is 23.1 Å². The lowest BCUT2D eigenvalue weighted by Crippen LogP contribution is -2.32. The van der Waals surface area contributed by atoms with Crippen LogP contribution in [0.25, 0.3) is 0 Å². The number of likely N-dealkylation sites (tertiary alicyclic amines) is 1. The Kier molecular flexibility index (Phi) is 4.54. The summed E-state index contributed by atoms with van der Waals surface area (Å²) in [6.07, 6.45) is 0.596. The lowest BCUT2D eigenvalue weighted by atomic mass is 10.1. The molecule has 0 radical (unpaired) electrons. The van der Waals surface area contributed by atoms with Gasteiger partial charge >= 0.3 is 0 Å². The van der Waals surface area contributed by atoms with Crippen molar-refractivity contribution in [3.8, 4) is 0 Å². The molecule has 0 unspecified atom stereocenters. The summed E-state index contributed by atoms with van der Waals surface area (Å²) < 4.78 is 0. The molecule has 1 amide bonds. The highest BCUT2D eigenvalue weighted by atomic mass is 16.2. The quantitative estimate of drug-likeness (QED) is 0.919. The van der Waals surface area contributed by atoms with Crippen molar-refractivity contribution >= 4 is 5.91 Å². The standard InChI is InChI=1S/C19H22N2O/c1-15-7-9-16(10-8-15)12-20-18-11-19(22)21(14-18)13-17-5-3-2-4-6-17/h2-10,18,20H,11-14H2,1H3/t18-/m1/s1. The van der Waals surface area contributed by atoms with Crippen LogP contribution in [0.5, 0.6) is 0 Å². The second-order valence-corrected chi connectivity index (χ2v) is 6.03. The molecule has 2 aromatic carbocycles. The van der Waals surface area contributed by atoms with Gasteiger partial charge in [0.2, 0.25) is 5.91 Å². The number of hydrogen-bond acceptors (Lipinski definition) is 2. The molecule has 1 heterocycles. The van der Waals surface area contributed by atoms with Gasteiger partial charge in [-0.1, -0.05) is 60.2 Å². The van der Waals surface area contributed by atoms with Crippen molar-refractivity contribution in [2.24, 2.45) is 0 Å². The summed E-state index contributed by atoms with van der Waals surface area (Å²) in [6.45, 7) is 4.41. The number of amides is 1. The van der Waals surface area contributed by atoms with Crippen LogP contribution in [0.4, 0.5) is 0 Å². The van der Waals surface area contributed by atoms with Gasteiger partial charge in [-0.05, 0) is 18.1 Å². The maximum absolute atomic E-state index is 12.1. The molecule has 1 fully saturated rings. The van der Waals surface area contributed by atoms with E-state index < -0.39 is 0 Å². The molecule has 0 aromatic heterocycles. The Morgan fingerprint density at radius 1 is 1.05 bits per heavy atom. The molecule has 114 valence electrons. The van der Waals surface area contributed by atoms with Gasteiger partial charge in [0.1, 0.15) is 0 Å². The summed E-state index contributed by atoms with van der Waals surface area (Å²) in [4.78, 5) is 14.1. The summed E-state index contributed by atoms with van der Waals surface area (Å²) in [5.74, 6) is 0.241. The highest BCUT2D eigenvalue weighted by molar-refractivity contribution is 5.79. The van der Waals surface area contributed by atoms with E-state index in [9.17, 15) is 4.79 Å². The van der Waals surface area contributed by atoms with Gasteiger partial charge in [0.15, 0.2) is 0 Å². The van der Waals surface area contributed by atoms with Gasteiger partial charge in [0.05, 0.1) is 0 Å². The number of carbonyl (C=O) groups is 1. The number of aryl methyl sites for hydroxylation is 1. The van der Waals surface area contributed by atoms with Gasteiger partial charge in [0, 0.05) is 32.1 Å². The molecule has 1 aliphatic heterocycles. The van der Waals surface area contributed by atoms with Crippen LogP contribution in [0.3, 0.4) is 0 Å². The van der Waals surface area contributed by atoms with E-state index in [1.807, 2.05) is 23.1 Å². The predicted molar refractivity (Wildman–Crippen MR) is 88.3 cm³/mol. The third-order valence-corrected chi connectivity index (χ3v) is 4.15. The second-order valence-electron chi connectivity index (χ2n) is 6.03. The molecule has 3 heteroatoms. The molecular formula is C19H22N2O. The second kappa shape index (κ2) is 6.75. The van der Waals surface area contributed by atoms with Crippen LogP contribution < -0.4 is 5.32 Å². The minimum absolute atomic E-state index is 0.241. The minimum Gasteiger partial charge on any atom is -0.337 e. The monoisotopic (exact) mass is 294 g/mol. The van der Waals surface area contributed by atoms with E-state index >= 15 is 0 Å². The number of rotatable bonds is 5. The van der Waals surface area contributed by atoms with Crippen LogP contribution in [-0.4, -0.2) is 23.4 Å². The van der Waals surface area contributed by atoms with Crippen molar-refractivity contribution in [3.05, 3.63) is 71.3 Å².